The van der Waals surface area contributed by atoms with Gasteiger partial charge in [0.2, 0.25) is 0 Å². The Morgan fingerprint density at radius 3 is 2.45 bits per heavy atom. The topological polar surface area (TPSA) is 37.9 Å². The summed E-state index contributed by atoms with van der Waals surface area (Å²) in [5, 5.41) is 0. The third-order valence-electron chi connectivity index (χ3n) is 3.22. The van der Waals surface area contributed by atoms with Gasteiger partial charge in [0.15, 0.2) is 0 Å². The Hall–Kier alpha value is -1.68. The van der Waals surface area contributed by atoms with Crippen molar-refractivity contribution in [2.24, 2.45) is 0 Å². The molecule has 2 aromatic rings. The average Bonchev–Trinajstić information content (AvgIpc) is 2.37. The summed E-state index contributed by atoms with van der Waals surface area (Å²) in [5.41, 5.74) is 3.18. The Balaban J connectivity index is 2.56. The Bertz CT molecular complexity index is 684. The molecule has 0 spiro atoms. The van der Waals surface area contributed by atoms with Gasteiger partial charge in [-0.25, -0.2) is 4.98 Å². The molecule has 0 radical (unpaired) electrons. The summed E-state index contributed by atoms with van der Waals surface area (Å²) in [6, 6.07) is 7.92. The van der Waals surface area contributed by atoms with Crippen LogP contribution in [0.1, 0.15) is 32.0 Å². The molecule has 1 aromatic heterocycles. The molecule has 4 heteroatoms. The zero-order valence-electron chi connectivity index (χ0n) is 12.6. The van der Waals surface area contributed by atoms with Crippen LogP contribution >= 0.6 is 12.2 Å². The van der Waals surface area contributed by atoms with Gasteiger partial charge in [-0.3, -0.25) is 0 Å². The van der Waals surface area contributed by atoms with E-state index in [1.165, 1.54) is 0 Å². The number of H-pyrrole nitrogens is 1. The second kappa shape index (κ2) is 5.37. The monoisotopic (exact) mass is 288 g/mol. The molecule has 3 nitrogen and oxygen atoms in total. The highest BCUT2D eigenvalue weighted by Gasteiger charge is 2.16. The summed E-state index contributed by atoms with van der Waals surface area (Å²) in [6.07, 6.45) is 0. The Morgan fingerprint density at radius 2 is 1.90 bits per heavy atom. The van der Waals surface area contributed by atoms with Crippen LogP contribution in [0.2, 0.25) is 0 Å². The van der Waals surface area contributed by atoms with Gasteiger partial charge in [0.1, 0.15) is 16.2 Å². The van der Waals surface area contributed by atoms with Gasteiger partial charge >= 0.3 is 0 Å². The van der Waals surface area contributed by atoms with E-state index in [4.69, 9.17) is 17.0 Å². The summed E-state index contributed by atoms with van der Waals surface area (Å²) < 4.78 is 5.89. The molecule has 1 aromatic carbocycles. The minimum atomic E-state index is 0.00671. The minimum absolute atomic E-state index is 0.00671. The summed E-state index contributed by atoms with van der Waals surface area (Å²) in [6.45, 7) is 8.47. The molecule has 0 aliphatic carbocycles. The molecule has 0 aliphatic rings. The van der Waals surface area contributed by atoms with E-state index in [-0.39, 0.29) is 5.41 Å². The molecule has 0 aliphatic heterocycles. The van der Waals surface area contributed by atoms with E-state index in [0.717, 1.165) is 28.4 Å². The van der Waals surface area contributed by atoms with Crippen LogP contribution in [0.15, 0.2) is 24.3 Å². The van der Waals surface area contributed by atoms with Crippen LogP contribution in [0.3, 0.4) is 0 Å². The zero-order chi connectivity index (χ0) is 14.9. The first kappa shape index (κ1) is 14.7. The molecule has 0 fully saturated rings. The van der Waals surface area contributed by atoms with E-state index in [9.17, 15) is 0 Å². The van der Waals surface area contributed by atoms with Gasteiger partial charge in [0.05, 0.1) is 7.11 Å². The van der Waals surface area contributed by atoms with Crippen molar-refractivity contribution in [1.29, 1.82) is 0 Å². The highest BCUT2D eigenvalue weighted by molar-refractivity contribution is 7.71. The minimum Gasteiger partial charge on any atom is -0.496 e. The van der Waals surface area contributed by atoms with Crippen LogP contribution in [0, 0.1) is 11.6 Å². The first-order chi connectivity index (χ1) is 9.31. The van der Waals surface area contributed by atoms with E-state index in [1.54, 1.807) is 7.11 Å². The van der Waals surface area contributed by atoms with Crippen molar-refractivity contribution >= 4 is 12.2 Å². The molecule has 1 heterocycles. The number of hydrogen-bond acceptors (Lipinski definition) is 3. The lowest BCUT2D eigenvalue weighted by Gasteiger charge is -2.19. The molecular formula is C16H20N2OS. The van der Waals surface area contributed by atoms with Crippen LogP contribution in [0.4, 0.5) is 0 Å². The molecule has 106 valence electrons. The summed E-state index contributed by atoms with van der Waals surface area (Å²) in [7, 11) is 1.67. The predicted molar refractivity (Wildman–Crippen MR) is 84.8 cm³/mol. The van der Waals surface area contributed by atoms with Crippen molar-refractivity contribution in [3.05, 3.63) is 40.2 Å². The van der Waals surface area contributed by atoms with Crippen LogP contribution < -0.4 is 4.74 Å². The van der Waals surface area contributed by atoms with Crippen LogP contribution in [0.5, 0.6) is 5.75 Å². The van der Waals surface area contributed by atoms with Crippen molar-refractivity contribution in [1.82, 2.24) is 9.97 Å². The standard InChI is InChI=1S/C16H20N2OS/c1-10-8-11(6-7-12(10)19-5)15-17-13(16(2,3)4)9-14(20)18-15/h6-9H,1-5H3,(H,17,18,20). The fraction of sp³-hybridized carbons (Fsp3) is 0.375. The van der Waals surface area contributed by atoms with Crippen LogP contribution in [-0.4, -0.2) is 17.1 Å². The van der Waals surface area contributed by atoms with Crippen molar-refractivity contribution < 1.29 is 4.74 Å². The molecule has 0 saturated heterocycles. The summed E-state index contributed by atoms with van der Waals surface area (Å²) in [4.78, 5) is 7.82. The molecule has 0 unspecified atom stereocenters. The first-order valence-corrected chi connectivity index (χ1v) is 6.99. The lowest BCUT2D eigenvalue weighted by molar-refractivity contribution is 0.412. The van der Waals surface area contributed by atoms with Crippen LogP contribution in [0.25, 0.3) is 11.4 Å². The van der Waals surface area contributed by atoms with Crippen molar-refractivity contribution in [3.8, 4) is 17.1 Å². The molecule has 20 heavy (non-hydrogen) atoms. The number of rotatable bonds is 2. The quantitative estimate of drug-likeness (QED) is 0.831. The lowest BCUT2D eigenvalue weighted by atomic mass is 9.92. The molecule has 0 amide bonds. The van der Waals surface area contributed by atoms with Gasteiger partial charge in [0.25, 0.3) is 0 Å². The third kappa shape index (κ3) is 3.07. The number of ether oxygens (including phenoxy) is 1. The van der Waals surface area contributed by atoms with E-state index in [0.29, 0.717) is 4.64 Å². The Kier molecular flexibility index (Phi) is 3.95. The third-order valence-corrected chi connectivity index (χ3v) is 3.43. The molecule has 0 atom stereocenters. The number of nitrogens with one attached hydrogen (secondary N) is 1. The average molecular weight is 288 g/mol. The van der Waals surface area contributed by atoms with Gasteiger partial charge in [-0.15, -0.1) is 0 Å². The lowest BCUT2D eigenvalue weighted by Crippen LogP contribution is -2.14. The largest absolute Gasteiger partial charge is 0.496 e. The van der Waals surface area contributed by atoms with Crippen molar-refractivity contribution in [2.45, 2.75) is 33.1 Å². The number of benzene rings is 1. The maximum absolute atomic E-state index is 5.29. The highest BCUT2D eigenvalue weighted by Crippen LogP contribution is 2.26. The number of aromatic nitrogens is 2. The number of hydrogen-bond donors (Lipinski definition) is 1. The second-order valence-electron chi connectivity index (χ2n) is 5.92. The number of aromatic amines is 1. The predicted octanol–water partition coefficient (Wildman–Crippen LogP) is 4.42. The first-order valence-electron chi connectivity index (χ1n) is 6.58. The van der Waals surface area contributed by atoms with E-state index >= 15 is 0 Å². The number of methoxy groups -OCH3 is 1. The summed E-state index contributed by atoms with van der Waals surface area (Å²) >= 11 is 5.28. The molecule has 0 bridgehead atoms. The maximum Gasteiger partial charge on any atom is 0.139 e. The van der Waals surface area contributed by atoms with Gasteiger partial charge in [-0.05, 0) is 36.8 Å². The molecule has 0 saturated carbocycles. The Morgan fingerprint density at radius 1 is 1.20 bits per heavy atom. The van der Waals surface area contributed by atoms with E-state index in [1.807, 2.05) is 25.1 Å². The van der Waals surface area contributed by atoms with Crippen LogP contribution in [-0.2, 0) is 5.41 Å². The zero-order valence-corrected chi connectivity index (χ0v) is 13.4. The summed E-state index contributed by atoms with van der Waals surface area (Å²) in [5.74, 6) is 1.67. The van der Waals surface area contributed by atoms with Crippen molar-refractivity contribution in [3.63, 3.8) is 0 Å². The van der Waals surface area contributed by atoms with Gasteiger partial charge < -0.3 is 9.72 Å². The smallest absolute Gasteiger partial charge is 0.139 e. The highest BCUT2D eigenvalue weighted by atomic mass is 32.1. The fourth-order valence-electron chi connectivity index (χ4n) is 2.02. The Labute approximate surface area is 125 Å². The molecule has 1 N–H and O–H groups in total. The fourth-order valence-corrected chi connectivity index (χ4v) is 2.23. The second-order valence-corrected chi connectivity index (χ2v) is 6.33. The van der Waals surface area contributed by atoms with Gasteiger partial charge in [0, 0.05) is 16.7 Å². The number of nitrogens with zero attached hydrogens (tertiary/aromatic N) is 1. The van der Waals surface area contributed by atoms with E-state index in [2.05, 4.69) is 36.8 Å². The number of aryl methyl sites for hydroxylation is 1. The van der Waals surface area contributed by atoms with Crippen molar-refractivity contribution in [2.75, 3.05) is 7.11 Å². The molecule has 2 rings (SSSR count). The molecular weight excluding hydrogens is 268 g/mol. The SMILES string of the molecule is COc1ccc(-c2nc(=S)cc(C(C)(C)C)[nH]2)cc1C. The van der Waals surface area contributed by atoms with Gasteiger partial charge in [-0.2, -0.15) is 0 Å². The normalized spacial score (nSPS) is 11.4. The maximum atomic E-state index is 5.29. The van der Waals surface area contributed by atoms with E-state index < -0.39 is 0 Å². The van der Waals surface area contributed by atoms with Gasteiger partial charge in [-0.1, -0.05) is 33.0 Å².